The fraction of sp³-hybridized carbons (Fsp3) is 1.00. The molecule has 0 saturated carbocycles. The molecule has 0 rings (SSSR count). The molecule has 3 nitrogen and oxygen atoms in total. The topological polar surface area (TPSA) is 27.7 Å². The summed E-state index contributed by atoms with van der Waals surface area (Å²) in [7, 11) is 1.02. The van der Waals surface area contributed by atoms with Gasteiger partial charge in [-0.3, -0.25) is 0 Å². The molecule has 0 aliphatic carbocycles. The van der Waals surface area contributed by atoms with E-state index >= 15 is 0 Å². The zero-order chi connectivity index (χ0) is 10.9. The summed E-state index contributed by atoms with van der Waals surface area (Å²) in [5, 5.41) is 0. The van der Waals surface area contributed by atoms with Crippen molar-refractivity contribution in [2.45, 2.75) is 32.2 Å². The molecule has 0 aromatic rings. The van der Waals surface area contributed by atoms with Gasteiger partial charge in [0.2, 0.25) is 0 Å². The van der Waals surface area contributed by atoms with Crippen molar-refractivity contribution in [3.8, 4) is 0 Å². The van der Waals surface area contributed by atoms with Crippen LogP contribution in [0.15, 0.2) is 0 Å². The average molecular weight is 238 g/mol. The van der Waals surface area contributed by atoms with E-state index in [-0.39, 0.29) is 0 Å². The first-order chi connectivity index (χ1) is 6.74. The molecule has 0 amide bonds. The summed E-state index contributed by atoms with van der Waals surface area (Å²) < 4.78 is 16.5. The third-order valence-electron chi connectivity index (χ3n) is 2.05. The lowest BCUT2D eigenvalue weighted by Crippen LogP contribution is -2.43. The van der Waals surface area contributed by atoms with Gasteiger partial charge in [0.1, 0.15) is 0 Å². The van der Waals surface area contributed by atoms with Gasteiger partial charge in [0, 0.05) is 26.9 Å². The monoisotopic (exact) mass is 238 g/mol. The van der Waals surface area contributed by atoms with E-state index in [9.17, 15) is 0 Å². The maximum Gasteiger partial charge on any atom is 0.500 e. The molecule has 0 aromatic heterocycles. The molecule has 0 bridgehead atoms. The summed E-state index contributed by atoms with van der Waals surface area (Å²) in [6.07, 6.45) is 3.13. The summed E-state index contributed by atoms with van der Waals surface area (Å²) in [6, 6.07) is 0.890. The van der Waals surface area contributed by atoms with E-state index in [4.69, 9.17) is 13.3 Å². The highest BCUT2D eigenvalue weighted by Crippen LogP contribution is 2.16. The van der Waals surface area contributed by atoms with Crippen LogP contribution in [-0.2, 0) is 13.3 Å². The molecule has 0 atom stereocenters. The zero-order valence-electron chi connectivity index (χ0n) is 9.41. The van der Waals surface area contributed by atoms with E-state index in [0.717, 1.165) is 31.1 Å². The lowest BCUT2D eigenvalue weighted by atomic mass is 10.4. The lowest BCUT2D eigenvalue weighted by Gasteiger charge is -2.25. The van der Waals surface area contributed by atoms with Gasteiger partial charge in [0.05, 0.1) is 0 Å². The van der Waals surface area contributed by atoms with Crippen LogP contribution in [0.1, 0.15) is 26.2 Å². The molecule has 0 fully saturated rings. The van der Waals surface area contributed by atoms with E-state index in [1.807, 2.05) is 0 Å². The molecule has 0 aromatic carbocycles. The van der Waals surface area contributed by atoms with Crippen molar-refractivity contribution in [1.29, 1.82) is 0 Å². The van der Waals surface area contributed by atoms with Gasteiger partial charge < -0.3 is 13.3 Å². The van der Waals surface area contributed by atoms with Gasteiger partial charge in [-0.05, 0) is 18.6 Å². The molecule has 0 saturated heterocycles. The van der Waals surface area contributed by atoms with Gasteiger partial charge in [-0.2, -0.15) is 12.6 Å². The molecule has 0 spiro atoms. The quantitative estimate of drug-likeness (QED) is 0.380. The van der Waals surface area contributed by atoms with E-state index in [2.05, 4.69) is 19.6 Å². The maximum absolute atomic E-state index is 5.73. The predicted octanol–water partition coefficient (Wildman–Crippen LogP) is 2.35. The maximum atomic E-state index is 5.73. The van der Waals surface area contributed by atoms with Crippen molar-refractivity contribution in [1.82, 2.24) is 0 Å². The van der Waals surface area contributed by atoms with Crippen molar-refractivity contribution < 1.29 is 13.3 Å². The minimum Gasteiger partial charge on any atom is -0.377 e. The van der Waals surface area contributed by atoms with Crippen LogP contribution in [-0.4, -0.2) is 35.4 Å². The Morgan fingerprint density at radius 1 is 1.14 bits per heavy atom. The number of hydrogen-bond acceptors (Lipinski definition) is 4. The Labute approximate surface area is 93.9 Å². The van der Waals surface area contributed by atoms with Gasteiger partial charge in [0.25, 0.3) is 0 Å². The van der Waals surface area contributed by atoms with Gasteiger partial charge in [-0.25, -0.2) is 0 Å². The molecule has 0 aliphatic rings. The second-order valence-corrected chi connectivity index (χ2v) is 6.54. The normalized spacial score (nSPS) is 12.0. The summed E-state index contributed by atoms with van der Waals surface area (Å²) in [6.45, 7) is 2.82. The number of hydrogen-bond donors (Lipinski definition) is 1. The van der Waals surface area contributed by atoms with Crippen LogP contribution in [0, 0.1) is 0 Å². The van der Waals surface area contributed by atoms with E-state index < -0.39 is 8.80 Å². The third kappa shape index (κ3) is 5.36. The highest BCUT2D eigenvalue weighted by molar-refractivity contribution is 7.80. The van der Waals surface area contributed by atoms with Crippen molar-refractivity contribution in [2.24, 2.45) is 0 Å². The lowest BCUT2D eigenvalue weighted by molar-refractivity contribution is 0.0968. The van der Waals surface area contributed by atoms with E-state index in [0.29, 0.717) is 6.61 Å². The highest BCUT2D eigenvalue weighted by Gasteiger charge is 2.37. The van der Waals surface area contributed by atoms with Crippen LogP contribution in [0.5, 0.6) is 0 Å². The molecule has 0 aliphatic heterocycles. The Morgan fingerprint density at radius 2 is 1.79 bits per heavy atom. The van der Waals surface area contributed by atoms with Gasteiger partial charge in [-0.1, -0.05) is 13.3 Å². The average Bonchev–Trinajstić information content (AvgIpc) is 2.23. The fourth-order valence-corrected chi connectivity index (χ4v) is 3.47. The first-order valence-corrected chi connectivity index (χ1v) is 7.66. The van der Waals surface area contributed by atoms with Gasteiger partial charge in [0.15, 0.2) is 0 Å². The Morgan fingerprint density at radius 3 is 2.21 bits per heavy atom. The fourth-order valence-electron chi connectivity index (χ4n) is 1.23. The largest absolute Gasteiger partial charge is 0.500 e. The van der Waals surface area contributed by atoms with Gasteiger partial charge >= 0.3 is 8.80 Å². The Hall–Kier alpha value is 0.447. The zero-order valence-corrected chi connectivity index (χ0v) is 11.3. The summed E-state index contributed by atoms with van der Waals surface area (Å²) in [5.41, 5.74) is 0. The number of thiol groups is 1. The standard InChI is InChI=1S/C9H22O3SSi/c1-4-9-14(10-2,11-3)12-7-5-6-8-13/h13H,4-9H2,1-3H3. The van der Waals surface area contributed by atoms with Crippen molar-refractivity contribution in [3.05, 3.63) is 0 Å². The van der Waals surface area contributed by atoms with Crippen molar-refractivity contribution in [2.75, 3.05) is 26.6 Å². The van der Waals surface area contributed by atoms with Gasteiger partial charge in [-0.15, -0.1) is 0 Å². The number of rotatable bonds is 9. The summed E-state index contributed by atoms with van der Waals surface area (Å²) in [5.74, 6) is 0.908. The highest BCUT2D eigenvalue weighted by atomic mass is 32.1. The molecule has 0 radical (unpaired) electrons. The molecule has 0 unspecified atom stereocenters. The predicted molar refractivity (Wildman–Crippen MR) is 63.9 cm³/mol. The molecule has 0 N–H and O–H groups in total. The molecular formula is C9H22O3SSi. The van der Waals surface area contributed by atoms with Crippen LogP contribution >= 0.6 is 12.6 Å². The first-order valence-electron chi connectivity index (χ1n) is 5.09. The summed E-state index contributed by atoms with van der Waals surface area (Å²) >= 11 is 4.15. The van der Waals surface area contributed by atoms with Crippen molar-refractivity contribution >= 4 is 21.4 Å². The van der Waals surface area contributed by atoms with Crippen LogP contribution in [0.25, 0.3) is 0 Å². The molecule has 5 heteroatoms. The smallest absolute Gasteiger partial charge is 0.377 e. The van der Waals surface area contributed by atoms with Crippen LogP contribution in [0.3, 0.4) is 0 Å². The van der Waals surface area contributed by atoms with Crippen LogP contribution < -0.4 is 0 Å². The van der Waals surface area contributed by atoms with E-state index in [1.165, 1.54) is 0 Å². The Kier molecular flexibility index (Phi) is 9.01. The molecule has 14 heavy (non-hydrogen) atoms. The Balaban J connectivity index is 3.82. The van der Waals surface area contributed by atoms with Crippen LogP contribution in [0.4, 0.5) is 0 Å². The number of unbranched alkanes of at least 4 members (excludes halogenated alkanes) is 1. The molecule has 86 valence electrons. The SMILES string of the molecule is CCC[Si](OC)(OC)OCCCCS. The molecular weight excluding hydrogens is 216 g/mol. The third-order valence-corrected chi connectivity index (χ3v) is 5.37. The second-order valence-electron chi connectivity index (χ2n) is 3.12. The summed E-state index contributed by atoms with van der Waals surface area (Å²) in [4.78, 5) is 0. The van der Waals surface area contributed by atoms with Crippen LogP contribution in [0.2, 0.25) is 6.04 Å². The Bertz CT molecular complexity index is 131. The minimum absolute atomic E-state index is 0.717. The van der Waals surface area contributed by atoms with E-state index in [1.54, 1.807) is 14.2 Å². The minimum atomic E-state index is -2.32. The second kappa shape index (κ2) is 8.73. The first kappa shape index (κ1) is 14.4. The molecule has 0 heterocycles. The van der Waals surface area contributed by atoms with Crippen molar-refractivity contribution in [3.63, 3.8) is 0 Å².